The Kier molecular flexibility index (Phi) is 9.34. The van der Waals surface area contributed by atoms with Crippen LogP contribution in [0.5, 0.6) is 0 Å². The van der Waals surface area contributed by atoms with Crippen LogP contribution >= 0.6 is 43.5 Å². The van der Waals surface area contributed by atoms with Gasteiger partial charge >= 0.3 is 0 Å². The highest BCUT2D eigenvalue weighted by Crippen LogP contribution is 2.53. The molecule has 0 amide bonds. The molecule has 0 N–H and O–H groups in total. The van der Waals surface area contributed by atoms with Crippen molar-refractivity contribution in [2.24, 2.45) is 0 Å². The van der Waals surface area contributed by atoms with Gasteiger partial charge in [-0.2, -0.15) is 0 Å². The van der Waals surface area contributed by atoms with Crippen molar-refractivity contribution >= 4 is 101 Å². The van der Waals surface area contributed by atoms with Crippen molar-refractivity contribution in [3.05, 3.63) is 220 Å². The average molecular weight is 917 g/mol. The number of hydrogen-bond acceptors (Lipinski definition) is 2. The fraction of sp³-hybridized carbons (Fsp3) is 0. The molecule has 6 heteroatoms. The number of hydrogen-bond donors (Lipinski definition) is 0. The summed E-state index contributed by atoms with van der Waals surface area (Å²) in [5.41, 5.74) is 19.2. The highest BCUT2D eigenvalue weighted by Gasteiger charge is 2.45. The minimum atomic E-state index is -0.104. The van der Waals surface area contributed by atoms with E-state index < -0.39 is 0 Å². The van der Waals surface area contributed by atoms with Gasteiger partial charge in [-0.15, -0.1) is 0 Å². The molecular weight excluding hydrogens is 883 g/mol. The Hall–Kier alpha value is -6.11. The van der Waals surface area contributed by atoms with Gasteiger partial charge in [-0.1, -0.05) is 213 Å². The predicted molar refractivity (Wildman–Crippen MR) is 263 cm³/mol. The van der Waals surface area contributed by atoms with E-state index in [2.05, 4.69) is 248 Å². The first kappa shape index (κ1) is 36.9. The van der Waals surface area contributed by atoms with Crippen LogP contribution in [0.15, 0.2) is 215 Å². The van der Waals surface area contributed by atoms with Crippen LogP contribution in [-0.4, -0.2) is 6.71 Å². The smallest absolute Gasteiger partial charge is 0.252 e. The van der Waals surface area contributed by atoms with E-state index in [1.54, 1.807) is 0 Å². The monoisotopic (exact) mass is 914 g/mol. The van der Waals surface area contributed by atoms with Crippen LogP contribution in [-0.2, 0) is 0 Å². The van der Waals surface area contributed by atoms with E-state index in [1.165, 1.54) is 16.4 Å². The fourth-order valence-corrected chi connectivity index (χ4v) is 10.3. The van der Waals surface area contributed by atoms with Gasteiger partial charge in [0.2, 0.25) is 0 Å². The highest BCUT2D eigenvalue weighted by molar-refractivity contribution is 9.10. The van der Waals surface area contributed by atoms with Crippen molar-refractivity contribution in [1.29, 1.82) is 0 Å². The summed E-state index contributed by atoms with van der Waals surface area (Å²) in [7, 11) is 0. The minimum absolute atomic E-state index is 0.104. The second-order valence-electron chi connectivity index (χ2n) is 15.2. The number of anilines is 6. The summed E-state index contributed by atoms with van der Waals surface area (Å²) in [6.07, 6.45) is 0. The molecule has 60 heavy (non-hydrogen) atoms. The molecule has 2 aliphatic rings. The summed E-state index contributed by atoms with van der Waals surface area (Å²) in [6, 6.07) is 74.1. The van der Waals surface area contributed by atoms with Crippen LogP contribution < -0.4 is 26.2 Å². The second kappa shape index (κ2) is 15.2. The Morgan fingerprint density at radius 2 is 0.683 bits per heavy atom. The molecular formula is C54H34BBr2ClN2. The van der Waals surface area contributed by atoms with Crippen LogP contribution in [0.4, 0.5) is 34.1 Å². The fourth-order valence-electron chi connectivity index (χ4n) is 9.37. The van der Waals surface area contributed by atoms with Gasteiger partial charge in [0.05, 0.1) is 11.4 Å². The van der Waals surface area contributed by atoms with E-state index in [-0.39, 0.29) is 6.71 Å². The third-order valence-corrected chi connectivity index (χ3v) is 13.0. The van der Waals surface area contributed by atoms with Gasteiger partial charge in [0.25, 0.3) is 6.71 Å². The van der Waals surface area contributed by atoms with Crippen molar-refractivity contribution < 1.29 is 0 Å². The van der Waals surface area contributed by atoms with Gasteiger partial charge in [0.15, 0.2) is 0 Å². The quantitative estimate of drug-likeness (QED) is 0.153. The maximum Gasteiger partial charge on any atom is 0.252 e. The molecule has 0 saturated heterocycles. The molecule has 0 saturated carbocycles. The van der Waals surface area contributed by atoms with Crippen LogP contribution in [0, 0.1) is 0 Å². The van der Waals surface area contributed by atoms with Crippen LogP contribution in [0.3, 0.4) is 0 Å². The Bertz CT molecular complexity index is 2770. The first-order chi connectivity index (χ1) is 29.5. The molecule has 2 aliphatic heterocycles. The largest absolute Gasteiger partial charge is 0.310 e. The Morgan fingerprint density at radius 3 is 1.02 bits per heavy atom. The summed E-state index contributed by atoms with van der Waals surface area (Å²) < 4.78 is 2.05. The zero-order chi connectivity index (χ0) is 40.3. The summed E-state index contributed by atoms with van der Waals surface area (Å²) in [5.74, 6) is 0. The lowest BCUT2D eigenvalue weighted by Crippen LogP contribution is -2.61. The van der Waals surface area contributed by atoms with Gasteiger partial charge in [-0.05, 0) is 75.0 Å². The van der Waals surface area contributed by atoms with Crippen LogP contribution in [0.2, 0.25) is 5.02 Å². The third kappa shape index (κ3) is 6.15. The minimum Gasteiger partial charge on any atom is -0.310 e. The number of para-hydroxylation sites is 2. The molecule has 2 heterocycles. The third-order valence-electron chi connectivity index (χ3n) is 11.8. The number of rotatable bonds is 6. The molecule has 0 unspecified atom stereocenters. The van der Waals surface area contributed by atoms with E-state index >= 15 is 0 Å². The molecule has 11 rings (SSSR count). The van der Waals surface area contributed by atoms with Crippen LogP contribution in [0.1, 0.15) is 0 Å². The van der Waals surface area contributed by atoms with Gasteiger partial charge in [-0.25, -0.2) is 0 Å². The number of nitrogens with zero attached hydrogens (tertiary/aromatic N) is 2. The van der Waals surface area contributed by atoms with E-state index in [0.29, 0.717) is 5.02 Å². The standard InChI is InChI=1S/C54H34BBr2ClN2/c56-39-27-29-48-46(31-39)55-47-32-40(57)28-30-49(47)60(54-44(37-19-9-3-10-20-37)25-14-26-45(54)38-21-11-4-12-22-38)51-34-41(58)33-50(52(51)55)59(48)53-42(35-15-5-1-6-16-35)23-13-24-43(53)36-17-7-2-8-18-36/h1-34H. The normalized spacial score (nSPS) is 12.5. The molecule has 0 aromatic heterocycles. The van der Waals surface area contributed by atoms with Crippen molar-refractivity contribution in [1.82, 2.24) is 0 Å². The summed E-state index contributed by atoms with van der Waals surface area (Å²) in [4.78, 5) is 4.96. The van der Waals surface area contributed by atoms with Crippen molar-refractivity contribution in [3.63, 3.8) is 0 Å². The maximum absolute atomic E-state index is 7.50. The lowest BCUT2D eigenvalue weighted by molar-refractivity contribution is 1.25. The first-order valence-electron chi connectivity index (χ1n) is 20.0. The number of fused-ring (bicyclic) bond motifs is 4. The van der Waals surface area contributed by atoms with E-state index in [4.69, 9.17) is 11.6 Å². The van der Waals surface area contributed by atoms with Gasteiger partial charge < -0.3 is 9.80 Å². The molecule has 284 valence electrons. The molecule has 9 aromatic carbocycles. The molecule has 2 nitrogen and oxygen atoms in total. The number of halogens is 3. The molecule has 0 bridgehead atoms. The molecule has 9 aromatic rings. The van der Waals surface area contributed by atoms with Gasteiger partial charge in [-0.3, -0.25) is 0 Å². The molecule has 0 atom stereocenters. The molecule has 0 fully saturated rings. The Morgan fingerprint density at radius 1 is 0.350 bits per heavy atom. The lowest BCUT2D eigenvalue weighted by atomic mass is 9.33. The van der Waals surface area contributed by atoms with E-state index in [0.717, 1.165) is 87.6 Å². The zero-order valence-electron chi connectivity index (χ0n) is 32.2. The highest BCUT2D eigenvalue weighted by atomic mass is 79.9. The van der Waals surface area contributed by atoms with E-state index in [9.17, 15) is 0 Å². The molecule has 0 spiro atoms. The van der Waals surface area contributed by atoms with Gasteiger partial charge in [0.1, 0.15) is 0 Å². The molecule has 0 aliphatic carbocycles. The van der Waals surface area contributed by atoms with Crippen molar-refractivity contribution in [2.75, 3.05) is 9.80 Å². The van der Waals surface area contributed by atoms with Crippen molar-refractivity contribution in [3.8, 4) is 44.5 Å². The van der Waals surface area contributed by atoms with Crippen LogP contribution in [0.25, 0.3) is 44.5 Å². The van der Waals surface area contributed by atoms with Crippen molar-refractivity contribution in [2.45, 2.75) is 0 Å². The summed E-state index contributed by atoms with van der Waals surface area (Å²) in [6.45, 7) is -0.104. The first-order valence-corrected chi connectivity index (χ1v) is 22.0. The SMILES string of the molecule is Clc1cc2c3c(c1)N(c1c(-c4ccccc4)cccc1-c1ccccc1)c1ccc(Br)cc1B3c1cc(Br)ccc1N2c1c(-c2ccccc2)cccc1-c1ccccc1. The average Bonchev–Trinajstić information content (AvgIpc) is 3.30. The number of benzene rings is 9. The Labute approximate surface area is 372 Å². The second-order valence-corrected chi connectivity index (χ2v) is 17.5. The maximum atomic E-state index is 7.50. The Balaban J connectivity index is 1.28. The molecule has 0 radical (unpaired) electrons. The van der Waals surface area contributed by atoms with E-state index in [1.807, 2.05) is 0 Å². The summed E-state index contributed by atoms with van der Waals surface area (Å²) >= 11 is 15.4. The summed E-state index contributed by atoms with van der Waals surface area (Å²) in [5, 5.41) is 0.663. The zero-order valence-corrected chi connectivity index (χ0v) is 36.2. The van der Waals surface area contributed by atoms with Gasteiger partial charge in [0, 0.05) is 59.0 Å². The lowest BCUT2D eigenvalue weighted by Gasteiger charge is -2.45. The topological polar surface area (TPSA) is 6.48 Å². The predicted octanol–water partition coefficient (Wildman–Crippen LogP) is 14.6.